The largest absolute Gasteiger partial charge is 0.354 e. The number of para-hydroxylation sites is 2. The molecule has 0 amide bonds. The molecule has 3 aromatic heterocycles. The SMILES string of the molecule is Cc1nc(-c2ccccn2)nc(N2CCCN(c3nc4ccccc4[nH]3)CC2)c1C. The molecule has 0 radical (unpaired) electrons. The molecule has 4 aromatic rings. The van der Waals surface area contributed by atoms with E-state index < -0.39 is 0 Å². The molecule has 1 aliphatic heterocycles. The molecular weight excluding hydrogens is 374 g/mol. The predicted octanol–water partition coefficient (Wildman–Crippen LogP) is 3.75. The first-order valence-corrected chi connectivity index (χ1v) is 10.4. The molecule has 1 N–H and O–H groups in total. The molecule has 7 nitrogen and oxygen atoms in total. The van der Waals surface area contributed by atoms with Gasteiger partial charge in [0.2, 0.25) is 5.95 Å². The van der Waals surface area contributed by atoms with Crippen LogP contribution in [0.3, 0.4) is 0 Å². The summed E-state index contributed by atoms with van der Waals surface area (Å²) in [6.07, 6.45) is 2.82. The molecule has 0 spiro atoms. The summed E-state index contributed by atoms with van der Waals surface area (Å²) in [5, 5.41) is 0. The van der Waals surface area contributed by atoms with E-state index in [1.54, 1.807) is 6.20 Å². The first-order valence-electron chi connectivity index (χ1n) is 10.4. The number of hydrogen-bond donors (Lipinski definition) is 1. The molecule has 0 bridgehead atoms. The quantitative estimate of drug-likeness (QED) is 0.566. The lowest BCUT2D eigenvalue weighted by Gasteiger charge is -2.25. The smallest absolute Gasteiger partial charge is 0.203 e. The maximum Gasteiger partial charge on any atom is 0.203 e. The van der Waals surface area contributed by atoms with E-state index in [-0.39, 0.29) is 0 Å². The zero-order valence-corrected chi connectivity index (χ0v) is 17.3. The van der Waals surface area contributed by atoms with Crippen LogP contribution in [0.2, 0.25) is 0 Å². The van der Waals surface area contributed by atoms with E-state index in [0.717, 1.165) is 72.4 Å². The lowest BCUT2D eigenvalue weighted by molar-refractivity contribution is 0.786. The number of benzene rings is 1. The van der Waals surface area contributed by atoms with Crippen LogP contribution >= 0.6 is 0 Å². The van der Waals surface area contributed by atoms with Gasteiger partial charge in [0.25, 0.3) is 0 Å². The third kappa shape index (κ3) is 3.47. The molecule has 1 aliphatic rings. The Balaban J connectivity index is 1.41. The predicted molar refractivity (Wildman–Crippen MR) is 120 cm³/mol. The molecule has 30 heavy (non-hydrogen) atoms. The van der Waals surface area contributed by atoms with Crippen LogP contribution in [0.1, 0.15) is 17.7 Å². The van der Waals surface area contributed by atoms with Crippen molar-refractivity contribution in [1.82, 2.24) is 24.9 Å². The number of pyridine rings is 1. The van der Waals surface area contributed by atoms with Crippen LogP contribution in [-0.2, 0) is 0 Å². The minimum Gasteiger partial charge on any atom is -0.354 e. The van der Waals surface area contributed by atoms with Gasteiger partial charge in [-0.3, -0.25) is 4.98 Å². The molecule has 4 heterocycles. The maximum absolute atomic E-state index is 4.91. The molecule has 0 saturated carbocycles. The maximum atomic E-state index is 4.91. The Kier molecular flexibility index (Phi) is 4.78. The number of nitrogens with one attached hydrogen (secondary N) is 1. The number of fused-ring (bicyclic) bond motifs is 1. The van der Waals surface area contributed by atoms with Gasteiger partial charge in [0.1, 0.15) is 11.5 Å². The fourth-order valence-electron chi connectivity index (χ4n) is 3.96. The monoisotopic (exact) mass is 399 g/mol. The number of nitrogens with zero attached hydrogens (tertiary/aromatic N) is 6. The lowest BCUT2D eigenvalue weighted by atomic mass is 10.2. The first-order chi connectivity index (χ1) is 14.7. The normalized spacial score (nSPS) is 14.9. The van der Waals surface area contributed by atoms with Gasteiger partial charge in [-0.1, -0.05) is 18.2 Å². The fraction of sp³-hybridized carbons (Fsp3) is 0.304. The third-order valence-electron chi connectivity index (χ3n) is 5.73. The zero-order valence-electron chi connectivity index (χ0n) is 17.3. The Morgan fingerprint density at radius 1 is 0.833 bits per heavy atom. The summed E-state index contributed by atoms with van der Waals surface area (Å²) in [6.45, 7) is 7.85. The summed E-state index contributed by atoms with van der Waals surface area (Å²) in [7, 11) is 0. The second-order valence-electron chi connectivity index (χ2n) is 7.70. The topological polar surface area (TPSA) is 73.8 Å². The number of hydrogen-bond acceptors (Lipinski definition) is 6. The standard InChI is InChI=1S/C23H25N7/c1-16-17(2)25-21(20-10-5-6-11-24-20)28-22(16)29-12-7-13-30(15-14-29)23-26-18-8-3-4-9-19(18)27-23/h3-6,8-11H,7,12-15H2,1-2H3,(H,26,27). The van der Waals surface area contributed by atoms with E-state index >= 15 is 0 Å². The first kappa shape index (κ1) is 18.5. The van der Waals surface area contributed by atoms with E-state index in [1.165, 1.54) is 0 Å². The second kappa shape index (κ2) is 7.74. The van der Waals surface area contributed by atoms with Crippen molar-refractivity contribution < 1.29 is 0 Å². The Morgan fingerprint density at radius 3 is 2.47 bits per heavy atom. The molecular formula is C23H25N7. The molecule has 1 aromatic carbocycles. The van der Waals surface area contributed by atoms with Gasteiger partial charge in [-0.25, -0.2) is 15.0 Å². The van der Waals surface area contributed by atoms with Crippen molar-refractivity contribution in [2.45, 2.75) is 20.3 Å². The van der Waals surface area contributed by atoms with Gasteiger partial charge < -0.3 is 14.8 Å². The molecule has 1 saturated heterocycles. The molecule has 0 unspecified atom stereocenters. The van der Waals surface area contributed by atoms with Crippen LogP contribution in [0, 0.1) is 13.8 Å². The summed E-state index contributed by atoms with van der Waals surface area (Å²) >= 11 is 0. The summed E-state index contributed by atoms with van der Waals surface area (Å²) < 4.78 is 0. The van der Waals surface area contributed by atoms with E-state index in [1.807, 2.05) is 43.3 Å². The van der Waals surface area contributed by atoms with Crippen molar-refractivity contribution in [3.63, 3.8) is 0 Å². The molecule has 7 heteroatoms. The Labute approximate surface area is 175 Å². The summed E-state index contributed by atoms with van der Waals surface area (Å²) in [6, 6.07) is 14.0. The Hall–Kier alpha value is -3.48. The number of aryl methyl sites for hydroxylation is 1. The van der Waals surface area contributed by atoms with Gasteiger partial charge in [0.15, 0.2) is 5.82 Å². The highest BCUT2D eigenvalue weighted by Crippen LogP contribution is 2.25. The highest BCUT2D eigenvalue weighted by molar-refractivity contribution is 5.77. The number of imidazole rings is 1. The van der Waals surface area contributed by atoms with Crippen LogP contribution in [0.4, 0.5) is 11.8 Å². The summed E-state index contributed by atoms with van der Waals surface area (Å²) in [4.78, 5) is 27.0. The summed E-state index contributed by atoms with van der Waals surface area (Å²) in [5.74, 6) is 2.64. The van der Waals surface area contributed by atoms with Crippen LogP contribution < -0.4 is 9.80 Å². The fourth-order valence-corrected chi connectivity index (χ4v) is 3.96. The number of H-pyrrole nitrogens is 1. The van der Waals surface area contributed by atoms with Crippen molar-refractivity contribution in [3.05, 3.63) is 59.9 Å². The third-order valence-corrected chi connectivity index (χ3v) is 5.73. The highest BCUT2D eigenvalue weighted by atomic mass is 15.3. The van der Waals surface area contributed by atoms with Crippen molar-refractivity contribution in [3.8, 4) is 11.5 Å². The number of aromatic nitrogens is 5. The minimum atomic E-state index is 0.687. The lowest BCUT2D eigenvalue weighted by Crippen LogP contribution is -2.32. The Bertz CT molecular complexity index is 1140. The molecule has 1 fully saturated rings. The van der Waals surface area contributed by atoms with Gasteiger partial charge in [0, 0.05) is 43.6 Å². The zero-order chi connectivity index (χ0) is 20.5. The number of rotatable bonds is 3. The Morgan fingerprint density at radius 2 is 1.63 bits per heavy atom. The van der Waals surface area contributed by atoms with Gasteiger partial charge in [-0.15, -0.1) is 0 Å². The second-order valence-corrected chi connectivity index (χ2v) is 7.70. The van der Waals surface area contributed by atoms with Crippen molar-refractivity contribution in [1.29, 1.82) is 0 Å². The average Bonchev–Trinajstić information content (AvgIpc) is 3.06. The number of aromatic amines is 1. The molecule has 5 rings (SSSR count). The van der Waals surface area contributed by atoms with Crippen LogP contribution in [-0.4, -0.2) is 51.1 Å². The van der Waals surface area contributed by atoms with Crippen molar-refractivity contribution in [2.24, 2.45) is 0 Å². The van der Waals surface area contributed by atoms with E-state index in [4.69, 9.17) is 9.97 Å². The van der Waals surface area contributed by atoms with Gasteiger partial charge >= 0.3 is 0 Å². The van der Waals surface area contributed by atoms with Crippen molar-refractivity contribution >= 4 is 22.8 Å². The molecule has 0 aliphatic carbocycles. The van der Waals surface area contributed by atoms with Gasteiger partial charge in [0.05, 0.1) is 11.0 Å². The minimum absolute atomic E-state index is 0.687. The summed E-state index contributed by atoms with van der Waals surface area (Å²) in [5.41, 5.74) is 5.03. The average molecular weight is 400 g/mol. The van der Waals surface area contributed by atoms with E-state index in [0.29, 0.717) is 5.82 Å². The van der Waals surface area contributed by atoms with Crippen LogP contribution in [0.15, 0.2) is 48.7 Å². The van der Waals surface area contributed by atoms with E-state index in [2.05, 4.69) is 37.7 Å². The number of anilines is 2. The van der Waals surface area contributed by atoms with Crippen LogP contribution in [0.25, 0.3) is 22.6 Å². The molecule has 152 valence electrons. The van der Waals surface area contributed by atoms with E-state index in [9.17, 15) is 0 Å². The molecule has 0 atom stereocenters. The van der Waals surface area contributed by atoms with Gasteiger partial charge in [-0.2, -0.15) is 0 Å². The van der Waals surface area contributed by atoms with Crippen molar-refractivity contribution in [2.75, 3.05) is 36.0 Å². The van der Waals surface area contributed by atoms with Gasteiger partial charge in [-0.05, 0) is 44.5 Å². The van der Waals surface area contributed by atoms with Crippen LogP contribution in [0.5, 0.6) is 0 Å². The highest BCUT2D eigenvalue weighted by Gasteiger charge is 2.21.